The van der Waals surface area contributed by atoms with Gasteiger partial charge in [-0.3, -0.25) is 0 Å². The van der Waals surface area contributed by atoms with Gasteiger partial charge in [-0.15, -0.1) is 0 Å². The summed E-state index contributed by atoms with van der Waals surface area (Å²) in [4.78, 5) is 2.02. The summed E-state index contributed by atoms with van der Waals surface area (Å²) in [5.74, 6) is 3.49. The summed E-state index contributed by atoms with van der Waals surface area (Å²) in [5, 5.41) is 4.16. The lowest BCUT2D eigenvalue weighted by Gasteiger charge is -2.19. The maximum absolute atomic E-state index is 6.27. The fourth-order valence-electron chi connectivity index (χ4n) is 2.70. The Balaban J connectivity index is 1.70. The highest BCUT2D eigenvalue weighted by Crippen LogP contribution is 2.47. The van der Waals surface area contributed by atoms with Crippen LogP contribution in [0.4, 0.5) is 11.4 Å². The van der Waals surface area contributed by atoms with Gasteiger partial charge in [0.25, 0.3) is 0 Å². The quantitative estimate of drug-likeness (QED) is 0.865. The van der Waals surface area contributed by atoms with Crippen LogP contribution in [0.2, 0.25) is 5.02 Å². The first-order valence-electron chi connectivity index (χ1n) is 7.34. The van der Waals surface area contributed by atoms with Crippen LogP contribution in [0, 0.1) is 5.92 Å². The molecule has 1 aromatic carbocycles. The van der Waals surface area contributed by atoms with Crippen molar-refractivity contribution >= 4 is 23.0 Å². The van der Waals surface area contributed by atoms with Crippen molar-refractivity contribution in [2.75, 3.05) is 24.3 Å². The molecule has 4 heteroatoms. The lowest BCUT2D eigenvalue weighted by atomic mass is 10.2. The van der Waals surface area contributed by atoms with Gasteiger partial charge in [0, 0.05) is 20.0 Å². The number of nitrogens with one attached hydrogen (secondary N) is 1. The van der Waals surface area contributed by atoms with E-state index in [1.165, 1.54) is 6.42 Å². The van der Waals surface area contributed by atoms with Crippen LogP contribution < -0.4 is 10.2 Å². The summed E-state index contributed by atoms with van der Waals surface area (Å²) in [7, 11) is 3.98. The highest BCUT2D eigenvalue weighted by molar-refractivity contribution is 6.34. The van der Waals surface area contributed by atoms with Crippen molar-refractivity contribution in [1.29, 1.82) is 0 Å². The Morgan fingerprint density at radius 2 is 2.05 bits per heavy atom. The number of hydrogen-bond donors (Lipinski definition) is 1. The van der Waals surface area contributed by atoms with Crippen molar-refractivity contribution in [3.63, 3.8) is 0 Å². The molecule has 0 spiro atoms. The molecule has 2 unspecified atom stereocenters. The van der Waals surface area contributed by atoms with Gasteiger partial charge in [0.15, 0.2) is 0 Å². The molecule has 3 rings (SSSR count). The van der Waals surface area contributed by atoms with Crippen molar-refractivity contribution in [1.82, 2.24) is 0 Å². The van der Waals surface area contributed by atoms with E-state index in [0.29, 0.717) is 12.5 Å². The minimum Gasteiger partial charge on any atom is -0.464 e. The highest BCUT2D eigenvalue weighted by atomic mass is 35.5. The molecular formula is C17H21ClN2O. The summed E-state index contributed by atoms with van der Waals surface area (Å²) >= 11 is 6.27. The number of furan rings is 1. The second-order valence-electron chi connectivity index (χ2n) is 6.01. The van der Waals surface area contributed by atoms with Crippen LogP contribution in [0.5, 0.6) is 0 Å². The Morgan fingerprint density at radius 3 is 2.71 bits per heavy atom. The van der Waals surface area contributed by atoms with E-state index in [4.69, 9.17) is 16.0 Å². The largest absolute Gasteiger partial charge is 0.464 e. The number of anilines is 2. The fourth-order valence-corrected chi connectivity index (χ4v) is 3.05. The molecule has 1 N–H and O–H groups in total. The lowest BCUT2D eigenvalue weighted by Crippen LogP contribution is -2.12. The molecule has 2 atom stereocenters. The van der Waals surface area contributed by atoms with E-state index in [2.05, 4.69) is 24.4 Å². The summed E-state index contributed by atoms with van der Waals surface area (Å²) in [6.45, 7) is 2.93. The van der Waals surface area contributed by atoms with E-state index in [1.54, 1.807) is 0 Å². The number of hydrogen-bond acceptors (Lipinski definition) is 3. The first kappa shape index (κ1) is 14.3. The molecule has 0 aliphatic heterocycles. The van der Waals surface area contributed by atoms with Gasteiger partial charge in [-0.25, -0.2) is 0 Å². The first-order valence-corrected chi connectivity index (χ1v) is 7.72. The van der Waals surface area contributed by atoms with Crippen molar-refractivity contribution in [3.8, 4) is 0 Å². The predicted octanol–water partition coefficient (Wildman–Crippen LogP) is 4.73. The van der Waals surface area contributed by atoms with E-state index in [9.17, 15) is 0 Å². The smallest absolute Gasteiger partial charge is 0.123 e. The maximum Gasteiger partial charge on any atom is 0.123 e. The summed E-state index contributed by atoms with van der Waals surface area (Å²) in [6.07, 6.45) is 1.25. The Morgan fingerprint density at radius 1 is 1.29 bits per heavy atom. The minimum atomic E-state index is 0.627. The predicted molar refractivity (Wildman–Crippen MR) is 88.3 cm³/mol. The summed E-state index contributed by atoms with van der Waals surface area (Å²) < 4.78 is 5.92. The average Bonchev–Trinajstić information content (AvgIpc) is 2.99. The van der Waals surface area contributed by atoms with E-state index in [0.717, 1.165) is 33.8 Å². The van der Waals surface area contributed by atoms with Crippen molar-refractivity contribution < 1.29 is 4.42 Å². The topological polar surface area (TPSA) is 28.4 Å². The standard InChI is InChI=1S/C17H21ClN2O/c1-11-9-13(11)16-8-7-12(21-16)10-19-15-6-4-5-14(18)17(15)20(2)3/h4-8,11,13,19H,9-10H2,1-3H3. The van der Waals surface area contributed by atoms with Gasteiger partial charge in [0.05, 0.1) is 22.9 Å². The molecule has 0 amide bonds. The molecular weight excluding hydrogens is 284 g/mol. The van der Waals surface area contributed by atoms with Gasteiger partial charge in [0.1, 0.15) is 11.5 Å². The first-order chi connectivity index (χ1) is 10.1. The number of nitrogens with zero attached hydrogens (tertiary/aromatic N) is 1. The lowest BCUT2D eigenvalue weighted by molar-refractivity contribution is 0.468. The molecule has 112 valence electrons. The Labute approximate surface area is 130 Å². The van der Waals surface area contributed by atoms with Crippen LogP contribution in [0.1, 0.15) is 30.8 Å². The molecule has 0 saturated heterocycles. The van der Waals surface area contributed by atoms with Crippen LogP contribution in [-0.2, 0) is 6.54 Å². The summed E-state index contributed by atoms with van der Waals surface area (Å²) in [5.41, 5.74) is 2.02. The van der Waals surface area contributed by atoms with Gasteiger partial charge < -0.3 is 14.6 Å². The second-order valence-corrected chi connectivity index (χ2v) is 6.41. The zero-order chi connectivity index (χ0) is 15.0. The third-order valence-corrected chi connectivity index (χ3v) is 4.35. The number of para-hydroxylation sites is 1. The SMILES string of the molecule is CC1CC1c1ccc(CNc2cccc(Cl)c2N(C)C)o1. The van der Waals surface area contributed by atoms with Gasteiger partial charge in [0.2, 0.25) is 0 Å². The van der Waals surface area contributed by atoms with E-state index < -0.39 is 0 Å². The molecule has 1 aliphatic carbocycles. The maximum atomic E-state index is 6.27. The fraction of sp³-hybridized carbons (Fsp3) is 0.412. The molecule has 1 saturated carbocycles. The minimum absolute atomic E-state index is 0.627. The molecule has 1 aliphatic rings. The summed E-state index contributed by atoms with van der Waals surface area (Å²) in [6, 6.07) is 10.1. The Bertz CT molecular complexity index is 635. The normalized spacial score (nSPS) is 20.4. The Kier molecular flexibility index (Phi) is 3.85. The van der Waals surface area contributed by atoms with Crippen LogP contribution in [0.15, 0.2) is 34.7 Å². The zero-order valence-corrected chi connectivity index (χ0v) is 13.4. The molecule has 1 fully saturated rings. The van der Waals surface area contributed by atoms with E-state index in [-0.39, 0.29) is 0 Å². The molecule has 1 heterocycles. The zero-order valence-electron chi connectivity index (χ0n) is 12.7. The van der Waals surface area contributed by atoms with Crippen LogP contribution >= 0.6 is 11.6 Å². The third-order valence-electron chi connectivity index (χ3n) is 4.04. The number of benzene rings is 1. The molecule has 21 heavy (non-hydrogen) atoms. The van der Waals surface area contributed by atoms with Crippen LogP contribution in [0.3, 0.4) is 0 Å². The monoisotopic (exact) mass is 304 g/mol. The van der Waals surface area contributed by atoms with Gasteiger partial charge in [-0.2, -0.15) is 0 Å². The van der Waals surface area contributed by atoms with Gasteiger partial charge >= 0.3 is 0 Å². The highest BCUT2D eigenvalue weighted by Gasteiger charge is 2.36. The van der Waals surface area contributed by atoms with E-state index in [1.807, 2.05) is 37.2 Å². The van der Waals surface area contributed by atoms with Gasteiger partial charge in [-0.05, 0) is 36.6 Å². The number of halogens is 1. The molecule has 0 bridgehead atoms. The van der Waals surface area contributed by atoms with Crippen LogP contribution in [-0.4, -0.2) is 14.1 Å². The molecule has 0 radical (unpaired) electrons. The number of rotatable bonds is 5. The Hall–Kier alpha value is -1.61. The van der Waals surface area contributed by atoms with Crippen molar-refractivity contribution in [2.45, 2.75) is 25.8 Å². The van der Waals surface area contributed by atoms with E-state index >= 15 is 0 Å². The van der Waals surface area contributed by atoms with Crippen molar-refractivity contribution in [3.05, 3.63) is 46.9 Å². The van der Waals surface area contributed by atoms with Crippen LogP contribution in [0.25, 0.3) is 0 Å². The average molecular weight is 305 g/mol. The van der Waals surface area contributed by atoms with Crippen molar-refractivity contribution in [2.24, 2.45) is 5.92 Å². The van der Waals surface area contributed by atoms with Gasteiger partial charge in [-0.1, -0.05) is 24.6 Å². The second kappa shape index (κ2) is 5.64. The molecule has 3 nitrogen and oxygen atoms in total. The molecule has 2 aromatic rings. The molecule has 1 aromatic heterocycles. The third kappa shape index (κ3) is 3.03.